The molecule has 1 N–H and O–H groups in total. The van der Waals surface area contributed by atoms with Gasteiger partial charge in [-0.05, 0) is 33.8 Å². The topological polar surface area (TPSA) is 71.6 Å². The molecular weight excluding hydrogens is 296 g/mol. The van der Waals surface area contributed by atoms with Gasteiger partial charge in [-0.15, -0.1) is 0 Å². The highest BCUT2D eigenvalue weighted by Gasteiger charge is 2.29. The Balaban J connectivity index is 1.99. The molecule has 1 amide bonds. The summed E-state index contributed by atoms with van der Waals surface area (Å²) in [6, 6.07) is 3.43. The van der Waals surface area contributed by atoms with E-state index < -0.39 is 11.7 Å². The van der Waals surface area contributed by atoms with Crippen molar-refractivity contribution in [1.29, 1.82) is 0 Å². The zero-order valence-corrected chi connectivity index (χ0v) is 13.7. The fraction of sp³-hybridized carbons (Fsp3) is 0.412. The zero-order valence-electron chi connectivity index (χ0n) is 13.7. The quantitative estimate of drug-likeness (QED) is 0.695. The van der Waals surface area contributed by atoms with Crippen LogP contribution in [0.25, 0.3) is 10.9 Å². The Hall–Kier alpha value is -2.50. The van der Waals surface area contributed by atoms with Crippen LogP contribution in [0.2, 0.25) is 0 Å². The van der Waals surface area contributed by atoms with Crippen LogP contribution >= 0.6 is 0 Å². The van der Waals surface area contributed by atoms with E-state index in [2.05, 4.69) is 4.98 Å². The SMILES string of the molecule is CC(C)N(C(=O)C(=O)c1c[nH]c2cc3c(cc12)OCO3)C(C)C. The Morgan fingerprint density at radius 2 is 1.70 bits per heavy atom. The number of benzene rings is 1. The third-order valence-corrected chi connectivity index (χ3v) is 3.96. The number of amides is 1. The van der Waals surface area contributed by atoms with Crippen LogP contribution in [0.5, 0.6) is 11.5 Å². The summed E-state index contributed by atoms with van der Waals surface area (Å²) in [5, 5.41) is 0.667. The van der Waals surface area contributed by atoms with E-state index >= 15 is 0 Å². The van der Waals surface area contributed by atoms with Gasteiger partial charge in [-0.2, -0.15) is 0 Å². The molecule has 23 heavy (non-hydrogen) atoms. The van der Waals surface area contributed by atoms with E-state index in [1.54, 1.807) is 23.2 Å². The molecule has 0 unspecified atom stereocenters. The molecule has 2 heterocycles. The summed E-state index contributed by atoms with van der Waals surface area (Å²) in [6.07, 6.45) is 1.57. The second-order valence-electron chi connectivity index (χ2n) is 6.18. The van der Waals surface area contributed by atoms with E-state index in [-0.39, 0.29) is 18.9 Å². The minimum absolute atomic E-state index is 0.0439. The monoisotopic (exact) mass is 316 g/mol. The summed E-state index contributed by atoms with van der Waals surface area (Å²) in [5.74, 6) is 0.213. The molecule has 0 radical (unpaired) electrons. The molecule has 0 spiro atoms. The molecule has 1 aromatic heterocycles. The van der Waals surface area contributed by atoms with Crippen molar-refractivity contribution < 1.29 is 19.1 Å². The molecule has 0 aliphatic carbocycles. The third-order valence-electron chi connectivity index (χ3n) is 3.96. The molecule has 122 valence electrons. The standard InChI is InChI=1S/C17H20N2O4/c1-9(2)19(10(3)4)17(21)16(20)12-7-18-13-6-15-14(5-11(12)13)22-8-23-15/h5-7,9-10,18H,8H2,1-4H3. The highest BCUT2D eigenvalue weighted by Crippen LogP contribution is 2.37. The van der Waals surface area contributed by atoms with Gasteiger partial charge in [0, 0.05) is 29.7 Å². The number of aromatic amines is 1. The first-order chi connectivity index (χ1) is 10.9. The molecular formula is C17H20N2O4. The highest BCUT2D eigenvalue weighted by atomic mass is 16.7. The number of nitrogens with one attached hydrogen (secondary N) is 1. The van der Waals surface area contributed by atoms with Gasteiger partial charge < -0.3 is 19.4 Å². The molecule has 2 aromatic rings. The van der Waals surface area contributed by atoms with Crippen molar-refractivity contribution >= 4 is 22.6 Å². The lowest BCUT2D eigenvalue weighted by atomic mass is 10.1. The summed E-state index contributed by atoms with van der Waals surface area (Å²) < 4.78 is 10.7. The second-order valence-corrected chi connectivity index (χ2v) is 6.18. The van der Waals surface area contributed by atoms with Gasteiger partial charge in [0.05, 0.1) is 11.1 Å². The van der Waals surface area contributed by atoms with Crippen LogP contribution in [0.15, 0.2) is 18.3 Å². The number of carbonyl (C=O) groups excluding carboxylic acids is 2. The molecule has 1 aromatic carbocycles. The number of rotatable bonds is 4. The van der Waals surface area contributed by atoms with Crippen LogP contribution in [0, 0.1) is 0 Å². The Bertz CT molecular complexity index is 768. The largest absolute Gasteiger partial charge is 0.454 e. The summed E-state index contributed by atoms with van der Waals surface area (Å²) in [7, 11) is 0. The number of ketones is 1. The van der Waals surface area contributed by atoms with E-state index in [0.29, 0.717) is 22.4 Å². The molecule has 0 bridgehead atoms. The number of ether oxygens (including phenoxy) is 2. The number of hydrogen-bond donors (Lipinski definition) is 1. The molecule has 6 nitrogen and oxygen atoms in total. The number of Topliss-reactive ketones (excluding diaryl/α,β-unsaturated/α-hetero) is 1. The maximum Gasteiger partial charge on any atom is 0.295 e. The Morgan fingerprint density at radius 3 is 2.30 bits per heavy atom. The minimum atomic E-state index is -0.516. The van der Waals surface area contributed by atoms with E-state index in [1.165, 1.54) is 0 Å². The van der Waals surface area contributed by atoms with Crippen molar-refractivity contribution in [1.82, 2.24) is 9.88 Å². The molecule has 0 atom stereocenters. The smallest absolute Gasteiger partial charge is 0.295 e. The lowest BCUT2D eigenvalue weighted by Crippen LogP contribution is -2.45. The molecule has 0 saturated heterocycles. The van der Waals surface area contributed by atoms with Crippen molar-refractivity contribution in [3.8, 4) is 11.5 Å². The molecule has 1 aliphatic heterocycles. The Morgan fingerprint density at radius 1 is 1.09 bits per heavy atom. The zero-order chi connectivity index (χ0) is 16.7. The summed E-state index contributed by atoms with van der Waals surface area (Å²) >= 11 is 0. The minimum Gasteiger partial charge on any atom is -0.454 e. The predicted molar refractivity (Wildman–Crippen MR) is 85.9 cm³/mol. The first-order valence-corrected chi connectivity index (χ1v) is 7.68. The van der Waals surface area contributed by atoms with Gasteiger partial charge in [-0.1, -0.05) is 0 Å². The maximum atomic E-state index is 12.7. The Kier molecular flexibility index (Phi) is 3.75. The van der Waals surface area contributed by atoms with Crippen LogP contribution in [-0.4, -0.2) is 40.5 Å². The van der Waals surface area contributed by atoms with Gasteiger partial charge in [0.25, 0.3) is 11.7 Å². The normalized spacial score (nSPS) is 13.1. The average Bonchev–Trinajstić information content (AvgIpc) is 3.08. The predicted octanol–water partition coefficient (Wildman–Crippen LogP) is 2.72. The number of H-pyrrole nitrogens is 1. The van der Waals surface area contributed by atoms with Crippen molar-refractivity contribution in [3.63, 3.8) is 0 Å². The second kappa shape index (κ2) is 5.61. The number of nitrogens with zero attached hydrogens (tertiary/aromatic N) is 1. The van der Waals surface area contributed by atoms with E-state index in [9.17, 15) is 9.59 Å². The number of fused-ring (bicyclic) bond motifs is 2. The Labute approximate surface area is 134 Å². The summed E-state index contributed by atoms with van der Waals surface area (Å²) in [5.41, 5.74) is 1.10. The van der Waals surface area contributed by atoms with Gasteiger partial charge in [-0.3, -0.25) is 9.59 Å². The van der Waals surface area contributed by atoms with Crippen molar-refractivity contribution in [3.05, 3.63) is 23.9 Å². The van der Waals surface area contributed by atoms with E-state index in [4.69, 9.17) is 9.47 Å². The van der Waals surface area contributed by atoms with Crippen LogP contribution in [-0.2, 0) is 4.79 Å². The number of carbonyl (C=O) groups is 2. The molecule has 6 heteroatoms. The fourth-order valence-corrected chi connectivity index (χ4v) is 3.00. The van der Waals surface area contributed by atoms with Gasteiger partial charge in [0.2, 0.25) is 6.79 Å². The number of aromatic nitrogens is 1. The molecule has 1 aliphatic rings. The van der Waals surface area contributed by atoms with Crippen LogP contribution < -0.4 is 9.47 Å². The van der Waals surface area contributed by atoms with Gasteiger partial charge in [0.15, 0.2) is 11.5 Å². The van der Waals surface area contributed by atoms with Crippen molar-refractivity contribution in [2.24, 2.45) is 0 Å². The summed E-state index contributed by atoms with van der Waals surface area (Å²) in [6.45, 7) is 7.77. The lowest BCUT2D eigenvalue weighted by Gasteiger charge is -2.29. The molecule has 3 rings (SSSR count). The van der Waals surface area contributed by atoms with Gasteiger partial charge >= 0.3 is 0 Å². The third kappa shape index (κ3) is 2.54. The average molecular weight is 316 g/mol. The van der Waals surface area contributed by atoms with Gasteiger partial charge in [-0.25, -0.2) is 0 Å². The molecule has 0 saturated carbocycles. The van der Waals surface area contributed by atoms with Crippen LogP contribution in [0.1, 0.15) is 38.1 Å². The molecule has 0 fully saturated rings. The lowest BCUT2D eigenvalue weighted by molar-refractivity contribution is -0.129. The fourth-order valence-electron chi connectivity index (χ4n) is 3.00. The van der Waals surface area contributed by atoms with E-state index in [0.717, 1.165) is 5.52 Å². The van der Waals surface area contributed by atoms with Crippen molar-refractivity contribution in [2.75, 3.05) is 6.79 Å². The first-order valence-electron chi connectivity index (χ1n) is 7.68. The van der Waals surface area contributed by atoms with Gasteiger partial charge in [0.1, 0.15) is 0 Å². The van der Waals surface area contributed by atoms with Crippen LogP contribution in [0.3, 0.4) is 0 Å². The van der Waals surface area contributed by atoms with Crippen molar-refractivity contribution in [2.45, 2.75) is 39.8 Å². The first kappa shape index (κ1) is 15.4. The van der Waals surface area contributed by atoms with E-state index in [1.807, 2.05) is 27.7 Å². The summed E-state index contributed by atoms with van der Waals surface area (Å²) in [4.78, 5) is 29.9. The maximum absolute atomic E-state index is 12.7. The van der Waals surface area contributed by atoms with Crippen LogP contribution in [0.4, 0.5) is 0 Å². The number of hydrogen-bond acceptors (Lipinski definition) is 4. The highest BCUT2D eigenvalue weighted by molar-refractivity contribution is 6.45.